The van der Waals surface area contributed by atoms with Crippen LogP contribution in [0.4, 0.5) is 0 Å². The maximum atomic E-state index is 13.9. The number of Topliss-reactive ketones (excluding diaryl/α,β-unsaturated/α-hetero) is 1. The summed E-state index contributed by atoms with van der Waals surface area (Å²) in [5, 5.41) is 8.19. The molecule has 13 nitrogen and oxygen atoms in total. The molecule has 0 aromatic heterocycles. The minimum atomic E-state index is -3.54. The van der Waals surface area contributed by atoms with Gasteiger partial charge in [-0.05, 0) is 78.3 Å². The third-order valence-corrected chi connectivity index (χ3v) is 12.3. The van der Waals surface area contributed by atoms with E-state index in [9.17, 15) is 32.4 Å². The Morgan fingerprint density at radius 3 is 2.20 bits per heavy atom. The minimum Gasteiger partial charge on any atom is -0.484 e. The fourth-order valence-electron chi connectivity index (χ4n) is 7.13. The van der Waals surface area contributed by atoms with Crippen molar-refractivity contribution in [1.82, 2.24) is 25.2 Å². The van der Waals surface area contributed by atoms with Crippen LogP contribution in [-0.2, 0) is 34.0 Å². The molecule has 2 saturated heterocycles. The number of hydrogen-bond donors (Lipinski definition) is 3. The van der Waals surface area contributed by atoms with E-state index in [-0.39, 0.29) is 53.0 Å². The number of sulfonamides is 1. The third kappa shape index (κ3) is 7.07. The van der Waals surface area contributed by atoms with Gasteiger partial charge >= 0.3 is 0 Å². The zero-order chi connectivity index (χ0) is 35.2. The zero-order valence-corrected chi connectivity index (χ0v) is 28.9. The van der Waals surface area contributed by atoms with Crippen LogP contribution in [0.2, 0.25) is 0 Å². The number of carbonyl (C=O) groups is 5. The SMILES string of the molecule is CN(C)S(=O)(=O)c1ccc(-c2ccc(OCC(=O)N3C[C@H]4[C@@H]([C@H]3C(=O)N[C@@H](C[C@@H]3CCNC3=O)C(=O)C(=O)NC3CC3)C4(C)C)cc2)cc1. The van der Waals surface area contributed by atoms with Gasteiger partial charge in [0.15, 0.2) is 6.61 Å². The standard InChI is InChI=1S/C35H43N5O8S/c1-35(2)26-18-40(28(41)19-48-24-11-5-20(6-12-24)21-7-13-25(14-8-21)49(46,47)39(3)4)30(29(26)35)33(44)38-27(17-22-15-16-36-32(22)43)31(42)34(45)37-23-9-10-23/h5-8,11-14,22-23,26-27,29-30H,9-10,15-19H2,1-4H3,(H,36,43)(H,37,45)(H,38,44)/t22-,26-,27-,29-,30-/m0/s1. The van der Waals surface area contributed by atoms with E-state index in [1.54, 1.807) is 48.5 Å². The summed E-state index contributed by atoms with van der Waals surface area (Å²) in [4.78, 5) is 67.4. The van der Waals surface area contributed by atoms with Crippen molar-refractivity contribution in [3.05, 3.63) is 48.5 Å². The molecule has 2 saturated carbocycles. The van der Waals surface area contributed by atoms with Gasteiger partial charge in [-0.15, -0.1) is 0 Å². The zero-order valence-electron chi connectivity index (χ0n) is 28.1. The fourth-order valence-corrected chi connectivity index (χ4v) is 8.03. The third-order valence-electron chi connectivity index (χ3n) is 10.4. The Morgan fingerprint density at radius 1 is 1.00 bits per heavy atom. The van der Waals surface area contributed by atoms with Crippen molar-refractivity contribution < 1.29 is 37.1 Å². The average molecular weight is 694 g/mol. The van der Waals surface area contributed by atoms with Gasteiger partial charge < -0.3 is 25.6 Å². The molecule has 0 radical (unpaired) electrons. The van der Waals surface area contributed by atoms with E-state index in [0.29, 0.717) is 25.3 Å². The lowest BCUT2D eigenvalue weighted by atomic mass is 9.94. The highest BCUT2D eigenvalue weighted by Gasteiger charge is 2.69. The summed E-state index contributed by atoms with van der Waals surface area (Å²) >= 11 is 0. The summed E-state index contributed by atoms with van der Waals surface area (Å²) in [6, 6.07) is 11.5. The van der Waals surface area contributed by atoms with Gasteiger partial charge in [-0.25, -0.2) is 12.7 Å². The fraction of sp³-hybridized carbons (Fsp3) is 0.514. The van der Waals surface area contributed by atoms with E-state index >= 15 is 0 Å². The minimum absolute atomic E-state index is 0.00504. The molecule has 6 rings (SSSR count). The van der Waals surface area contributed by atoms with Crippen molar-refractivity contribution in [3.63, 3.8) is 0 Å². The van der Waals surface area contributed by atoms with E-state index in [4.69, 9.17) is 4.74 Å². The molecule has 4 amide bonds. The van der Waals surface area contributed by atoms with Gasteiger partial charge in [-0.1, -0.05) is 38.1 Å². The molecule has 0 spiro atoms. The van der Waals surface area contributed by atoms with E-state index in [2.05, 4.69) is 16.0 Å². The molecule has 5 atom stereocenters. The van der Waals surface area contributed by atoms with Crippen LogP contribution in [0.5, 0.6) is 5.75 Å². The van der Waals surface area contributed by atoms with E-state index in [1.165, 1.54) is 19.0 Å². The molecule has 262 valence electrons. The van der Waals surface area contributed by atoms with Crippen molar-refractivity contribution in [3.8, 4) is 16.9 Å². The molecular weight excluding hydrogens is 650 g/mol. The lowest BCUT2D eigenvalue weighted by Gasteiger charge is -2.31. The molecule has 4 aliphatic rings. The van der Waals surface area contributed by atoms with Crippen LogP contribution in [0.15, 0.2) is 53.4 Å². The molecule has 4 fully saturated rings. The molecule has 0 bridgehead atoms. The van der Waals surface area contributed by atoms with E-state index in [1.807, 2.05) is 13.8 Å². The number of piperidine rings is 1. The Hall–Kier alpha value is -4.30. The first-order valence-corrected chi connectivity index (χ1v) is 18.1. The van der Waals surface area contributed by atoms with Crippen LogP contribution in [0, 0.1) is 23.2 Å². The summed E-state index contributed by atoms with van der Waals surface area (Å²) in [5.74, 6) is -2.77. The molecule has 2 heterocycles. The number of hydrogen-bond acceptors (Lipinski definition) is 8. The molecule has 2 aliphatic heterocycles. The van der Waals surface area contributed by atoms with Crippen LogP contribution in [0.3, 0.4) is 0 Å². The number of ketones is 1. The van der Waals surface area contributed by atoms with Gasteiger partial charge in [0, 0.05) is 39.1 Å². The molecule has 2 aromatic rings. The van der Waals surface area contributed by atoms with E-state index < -0.39 is 45.6 Å². The molecule has 2 aliphatic carbocycles. The molecule has 2 aromatic carbocycles. The molecule has 14 heteroatoms. The van der Waals surface area contributed by atoms with Crippen LogP contribution in [0.1, 0.15) is 39.5 Å². The van der Waals surface area contributed by atoms with E-state index in [0.717, 1.165) is 28.3 Å². The Morgan fingerprint density at radius 2 is 1.63 bits per heavy atom. The van der Waals surface area contributed by atoms with Crippen molar-refractivity contribution in [2.75, 3.05) is 33.8 Å². The highest BCUT2D eigenvalue weighted by molar-refractivity contribution is 7.89. The topological polar surface area (TPSA) is 171 Å². The highest BCUT2D eigenvalue weighted by atomic mass is 32.2. The highest BCUT2D eigenvalue weighted by Crippen LogP contribution is 2.64. The lowest BCUT2D eigenvalue weighted by Crippen LogP contribution is -2.56. The number of carbonyl (C=O) groups excluding carboxylic acids is 5. The Labute approximate surface area is 286 Å². The maximum Gasteiger partial charge on any atom is 0.289 e. The monoisotopic (exact) mass is 693 g/mol. The number of likely N-dealkylation sites (tertiary alicyclic amines) is 1. The normalized spacial score (nSPS) is 24.5. The van der Waals surface area contributed by atoms with Crippen molar-refractivity contribution in [2.45, 2.75) is 62.6 Å². The van der Waals surface area contributed by atoms with Crippen LogP contribution in [-0.4, -0.2) is 99.0 Å². The summed E-state index contributed by atoms with van der Waals surface area (Å²) in [5.41, 5.74) is 1.46. The Kier molecular flexibility index (Phi) is 9.31. The predicted molar refractivity (Wildman–Crippen MR) is 178 cm³/mol. The number of ether oxygens (including phenoxy) is 1. The number of rotatable bonds is 13. The summed E-state index contributed by atoms with van der Waals surface area (Å²) in [6.45, 7) is 4.61. The van der Waals surface area contributed by atoms with Crippen LogP contribution >= 0.6 is 0 Å². The van der Waals surface area contributed by atoms with Gasteiger partial charge in [-0.3, -0.25) is 24.0 Å². The average Bonchev–Trinajstić information content (AvgIpc) is 3.84. The number of benzene rings is 2. The van der Waals surface area contributed by atoms with Crippen LogP contribution < -0.4 is 20.7 Å². The Balaban J connectivity index is 1.11. The molecule has 3 N–H and O–H groups in total. The van der Waals surface area contributed by atoms with Crippen molar-refractivity contribution in [1.29, 1.82) is 0 Å². The summed E-state index contributed by atoms with van der Waals surface area (Å²) in [6.07, 6.45) is 2.10. The predicted octanol–water partition coefficient (Wildman–Crippen LogP) is 1.32. The quantitative estimate of drug-likeness (QED) is 0.264. The number of fused-ring (bicyclic) bond motifs is 1. The summed E-state index contributed by atoms with van der Waals surface area (Å²) in [7, 11) is -0.583. The van der Waals surface area contributed by atoms with Crippen molar-refractivity contribution in [2.24, 2.45) is 23.2 Å². The first kappa shape index (κ1) is 34.6. The molecule has 0 unspecified atom stereocenters. The smallest absolute Gasteiger partial charge is 0.289 e. The van der Waals surface area contributed by atoms with Gasteiger partial charge in [-0.2, -0.15) is 0 Å². The second-order valence-electron chi connectivity index (χ2n) is 14.3. The van der Waals surface area contributed by atoms with Crippen molar-refractivity contribution >= 4 is 39.4 Å². The lowest BCUT2D eigenvalue weighted by molar-refractivity contribution is -0.144. The maximum absolute atomic E-state index is 13.9. The van der Waals surface area contributed by atoms with Gasteiger partial charge in [0.05, 0.1) is 10.9 Å². The number of nitrogens with one attached hydrogen (secondary N) is 3. The number of amides is 4. The van der Waals surface area contributed by atoms with Gasteiger partial charge in [0.1, 0.15) is 11.8 Å². The summed E-state index contributed by atoms with van der Waals surface area (Å²) < 4.78 is 31.7. The first-order chi connectivity index (χ1) is 23.2. The van der Waals surface area contributed by atoms with Gasteiger partial charge in [0.2, 0.25) is 27.6 Å². The second kappa shape index (κ2) is 13.2. The first-order valence-electron chi connectivity index (χ1n) is 16.7. The molecule has 49 heavy (non-hydrogen) atoms. The molecular formula is C35H43N5O8S. The second-order valence-corrected chi connectivity index (χ2v) is 16.4. The largest absolute Gasteiger partial charge is 0.484 e. The number of nitrogens with zero attached hydrogens (tertiary/aromatic N) is 2. The van der Waals surface area contributed by atoms with Gasteiger partial charge in [0.25, 0.3) is 11.8 Å². The van der Waals surface area contributed by atoms with Crippen LogP contribution in [0.25, 0.3) is 11.1 Å². The Bertz CT molecular complexity index is 1750.